The van der Waals surface area contributed by atoms with Crippen molar-refractivity contribution >= 4 is 11.8 Å². The van der Waals surface area contributed by atoms with Crippen LogP contribution < -0.4 is 5.73 Å². The van der Waals surface area contributed by atoms with Gasteiger partial charge < -0.3 is 10.5 Å². The summed E-state index contributed by atoms with van der Waals surface area (Å²) in [5.74, 6) is -0.358. The predicted molar refractivity (Wildman–Crippen MR) is 53.7 cm³/mol. The van der Waals surface area contributed by atoms with Crippen LogP contribution in [0.2, 0.25) is 0 Å². The molecule has 0 aromatic rings. The Morgan fingerprint density at radius 3 is 2.21 bits per heavy atom. The van der Waals surface area contributed by atoms with Crippen LogP contribution in [0.5, 0.6) is 0 Å². The minimum Gasteiger partial charge on any atom is -0.468 e. The Labute approximate surface area is 84.8 Å². The average Bonchev–Trinajstić information content (AvgIpc) is 2.10. The Bertz CT molecular complexity index is 218. The lowest BCUT2D eigenvalue weighted by atomic mass is 9.87. The van der Waals surface area contributed by atoms with Gasteiger partial charge in [-0.1, -0.05) is 20.8 Å². The first-order valence-corrected chi connectivity index (χ1v) is 4.65. The zero-order valence-electron chi connectivity index (χ0n) is 9.29. The van der Waals surface area contributed by atoms with Gasteiger partial charge in [-0.2, -0.15) is 0 Å². The van der Waals surface area contributed by atoms with E-state index in [0.29, 0.717) is 12.8 Å². The third-order valence-corrected chi connectivity index (χ3v) is 2.02. The van der Waals surface area contributed by atoms with Crippen LogP contribution in [0.25, 0.3) is 0 Å². The molecule has 0 unspecified atom stereocenters. The van der Waals surface area contributed by atoms with Crippen LogP contribution in [0.1, 0.15) is 33.6 Å². The Kier molecular flexibility index (Phi) is 4.77. The van der Waals surface area contributed by atoms with Crippen LogP contribution in [-0.4, -0.2) is 24.9 Å². The van der Waals surface area contributed by atoms with Crippen LogP contribution in [0.3, 0.4) is 0 Å². The lowest BCUT2D eigenvalue weighted by Crippen LogP contribution is -2.33. The van der Waals surface area contributed by atoms with Gasteiger partial charge in [-0.3, -0.25) is 9.59 Å². The number of esters is 1. The van der Waals surface area contributed by atoms with Crippen molar-refractivity contribution in [3.8, 4) is 0 Å². The summed E-state index contributed by atoms with van der Waals surface area (Å²) in [7, 11) is 1.29. The normalized spacial score (nSPS) is 13.5. The van der Waals surface area contributed by atoms with E-state index in [4.69, 9.17) is 5.73 Å². The third kappa shape index (κ3) is 4.37. The highest BCUT2D eigenvalue weighted by Crippen LogP contribution is 2.18. The second kappa shape index (κ2) is 5.10. The van der Waals surface area contributed by atoms with Gasteiger partial charge in [0.05, 0.1) is 7.11 Å². The van der Waals surface area contributed by atoms with Crippen LogP contribution in [0, 0.1) is 5.41 Å². The smallest absolute Gasteiger partial charge is 0.322 e. The lowest BCUT2D eigenvalue weighted by Gasteiger charge is -2.17. The summed E-state index contributed by atoms with van der Waals surface area (Å²) in [6.07, 6.45) is 0.669. The van der Waals surface area contributed by atoms with Crippen molar-refractivity contribution in [3.05, 3.63) is 0 Å². The molecule has 0 rings (SSSR count). The van der Waals surface area contributed by atoms with E-state index in [-0.39, 0.29) is 11.2 Å². The highest BCUT2D eigenvalue weighted by molar-refractivity contribution is 5.84. The maximum Gasteiger partial charge on any atom is 0.322 e. The van der Waals surface area contributed by atoms with Crippen LogP contribution in [0.15, 0.2) is 0 Å². The number of carbonyl (C=O) groups excluding carboxylic acids is 2. The highest BCUT2D eigenvalue weighted by Gasteiger charge is 2.23. The van der Waals surface area contributed by atoms with Gasteiger partial charge in [0.15, 0.2) is 0 Å². The molecule has 0 aliphatic heterocycles. The van der Waals surface area contributed by atoms with Crippen LogP contribution in [-0.2, 0) is 14.3 Å². The summed E-state index contributed by atoms with van der Waals surface area (Å²) in [4.78, 5) is 22.4. The van der Waals surface area contributed by atoms with E-state index in [9.17, 15) is 9.59 Å². The van der Waals surface area contributed by atoms with Gasteiger partial charge in [-0.25, -0.2) is 0 Å². The molecule has 0 spiro atoms. The molecule has 0 heterocycles. The fraction of sp³-hybridized carbons (Fsp3) is 0.800. The molecule has 1 atom stereocenters. The van der Waals surface area contributed by atoms with Gasteiger partial charge in [0.2, 0.25) is 0 Å². The Hall–Kier alpha value is -0.900. The summed E-state index contributed by atoms with van der Waals surface area (Å²) in [5.41, 5.74) is 5.13. The molecule has 0 aliphatic rings. The molecule has 82 valence electrons. The molecule has 0 fully saturated rings. The molecule has 4 heteroatoms. The molecule has 0 aromatic heterocycles. The van der Waals surface area contributed by atoms with Gasteiger partial charge in [0, 0.05) is 11.8 Å². The summed E-state index contributed by atoms with van der Waals surface area (Å²) in [6, 6.07) is -0.689. The molecule has 4 nitrogen and oxygen atoms in total. The Balaban J connectivity index is 3.96. The maximum absolute atomic E-state index is 11.5. The van der Waals surface area contributed by atoms with E-state index < -0.39 is 12.0 Å². The van der Waals surface area contributed by atoms with Gasteiger partial charge in [-0.15, -0.1) is 0 Å². The van der Waals surface area contributed by atoms with E-state index in [2.05, 4.69) is 4.74 Å². The van der Waals surface area contributed by atoms with Crippen molar-refractivity contribution < 1.29 is 14.3 Å². The molecule has 0 amide bonds. The van der Waals surface area contributed by atoms with E-state index in [1.165, 1.54) is 7.11 Å². The van der Waals surface area contributed by atoms with Crippen molar-refractivity contribution in [3.63, 3.8) is 0 Å². The summed E-state index contributed by atoms with van der Waals surface area (Å²) in [6.45, 7) is 5.54. The molecule has 0 radical (unpaired) electrons. The Morgan fingerprint density at radius 1 is 1.36 bits per heavy atom. The molecular formula is C10H19NO3. The summed E-state index contributed by atoms with van der Waals surface area (Å²) < 4.78 is 4.45. The number of methoxy groups -OCH3 is 1. The maximum atomic E-state index is 11.5. The van der Waals surface area contributed by atoms with Crippen LogP contribution in [0.4, 0.5) is 0 Å². The number of ether oxygens (including phenoxy) is 1. The quantitative estimate of drug-likeness (QED) is 0.685. The molecule has 0 saturated carbocycles. The third-order valence-electron chi connectivity index (χ3n) is 2.02. The van der Waals surface area contributed by atoms with E-state index in [1.807, 2.05) is 20.8 Å². The SMILES string of the molecule is COC(=O)[C@@H](N)CCC(=O)C(C)(C)C. The number of carbonyl (C=O) groups is 2. The van der Waals surface area contributed by atoms with Crippen molar-refractivity contribution in [1.29, 1.82) is 0 Å². The minimum absolute atomic E-state index is 0.108. The average molecular weight is 201 g/mol. The second-order valence-electron chi connectivity index (χ2n) is 4.34. The zero-order chi connectivity index (χ0) is 11.4. The van der Waals surface area contributed by atoms with E-state index in [0.717, 1.165) is 0 Å². The predicted octanol–water partition coefficient (Wildman–Crippen LogP) is 0.882. The fourth-order valence-corrected chi connectivity index (χ4v) is 0.931. The monoisotopic (exact) mass is 201 g/mol. The number of Topliss-reactive ketones (excluding diaryl/α,β-unsaturated/α-hetero) is 1. The second-order valence-corrected chi connectivity index (χ2v) is 4.34. The summed E-state index contributed by atoms with van der Waals surface area (Å²) >= 11 is 0. The van der Waals surface area contributed by atoms with E-state index >= 15 is 0 Å². The molecule has 2 N–H and O–H groups in total. The molecule has 0 aliphatic carbocycles. The number of ketones is 1. The lowest BCUT2D eigenvalue weighted by molar-refractivity contribution is -0.142. The molecule has 0 saturated heterocycles. The zero-order valence-corrected chi connectivity index (χ0v) is 9.29. The molecule has 0 bridgehead atoms. The number of nitrogens with two attached hydrogens (primary N) is 1. The highest BCUT2D eigenvalue weighted by atomic mass is 16.5. The molecular weight excluding hydrogens is 182 g/mol. The van der Waals surface area contributed by atoms with Gasteiger partial charge in [-0.05, 0) is 6.42 Å². The topological polar surface area (TPSA) is 69.4 Å². The Morgan fingerprint density at radius 2 is 1.86 bits per heavy atom. The largest absolute Gasteiger partial charge is 0.468 e. The molecule has 0 aromatic carbocycles. The first kappa shape index (κ1) is 13.1. The van der Waals surface area contributed by atoms with Gasteiger partial charge in [0.25, 0.3) is 0 Å². The van der Waals surface area contributed by atoms with Crippen molar-refractivity contribution in [1.82, 2.24) is 0 Å². The fourth-order valence-electron chi connectivity index (χ4n) is 0.931. The number of hydrogen-bond acceptors (Lipinski definition) is 4. The van der Waals surface area contributed by atoms with Crippen molar-refractivity contribution in [2.24, 2.45) is 11.1 Å². The van der Waals surface area contributed by atoms with Crippen molar-refractivity contribution in [2.75, 3.05) is 7.11 Å². The standard InChI is InChI=1S/C10H19NO3/c1-10(2,3)8(12)6-5-7(11)9(13)14-4/h7H,5-6,11H2,1-4H3/t7-/m0/s1. The van der Waals surface area contributed by atoms with Gasteiger partial charge >= 0.3 is 5.97 Å². The first-order valence-electron chi connectivity index (χ1n) is 4.65. The number of rotatable bonds is 4. The minimum atomic E-state index is -0.689. The first-order chi connectivity index (χ1) is 6.29. The van der Waals surface area contributed by atoms with E-state index in [1.54, 1.807) is 0 Å². The molecule has 14 heavy (non-hydrogen) atoms. The summed E-state index contributed by atoms with van der Waals surface area (Å²) in [5, 5.41) is 0. The number of hydrogen-bond donors (Lipinski definition) is 1. The van der Waals surface area contributed by atoms with Crippen LogP contribution >= 0.6 is 0 Å². The van der Waals surface area contributed by atoms with Gasteiger partial charge in [0.1, 0.15) is 11.8 Å². The van der Waals surface area contributed by atoms with Crippen molar-refractivity contribution in [2.45, 2.75) is 39.7 Å².